The summed E-state index contributed by atoms with van der Waals surface area (Å²) in [4.78, 5) is 15.5. The van der Waals surface area contributed by atoms with Crippen LogP contribution in [0.15, 0.2) is 5.16 Å². The van der Waals surface area contributed by atoms with Crippen LogP contribution < -0.4 is 0 Å². The Labute approximate surface area is 76.9 Å². The van der Waals surface area contributed by atoms with Crippen molar-refractivity contribution in [1.29, 1.82) is 5.26 Å². The van der Waals surface area contributed by atoms with Crippen LogP contribution in [0.1, 0.15) is 19.8 Å². The van der Waals surface area contributed by atoms with Gasteiger partial charge >= 0.3 is 5.97 Å². The molecule has 5 heteroatoms. The van der Waals surface area contributed by atoms with Gasteiger partial charge in [0.2, 0.25) is 0 Å². The van der Waals surface area contributed by atoms with Crippen LogP contribution in [0, 0.1) is 11.3 Å². The molecule has 72 valence electrons. The van der Waals surface area contributed by atoms with Crippen LogP contribution in [0.2, 0.25) is 0 Å². The van der Waals surface area contributed by atoms with Crippen molar-refractivity contribution in [3.8, 4) is 6.07 Å². The third kappa shape index (κ3) is 4.80. The van der Waals surface area contributed by atoms with E-state index in [0.717, 1.165) is 12.8 Å². The average Bonchev–Trinajstić information content (AvgIpc) is 2.17. The number of esters is 1. The van der Waals surface area contributed by atoms with Crippen molar-refractivity contribution in [3.63, 3.8) is 0 Å². The zero-order chi connectivity index (χ0) is 10.1. The van der Waals surface area contributed by atoms with E-state index in [1.807, 2.05) is 6.92 Å². The molecule has 0 rings (SSSR count). The van der Waals surface area contributed by atoms with Crippen LogP contribution in [-0.2, 0) is 14.4 Å². The molecule has 0 aromatic rings. The Balaban J connectivity index is 3.95. The fourth-order valence-corrected chi connectivity index (χ4v) is 0.519. The van der Waals surface area contributed by atoms with Crippen molar-refractivity contribution < 1.29 is 14.4 Å². The summed E-state index contributed by atoms with van der Waals surface area (Å²) in [6, 6.07) is 1.58. The van der Waals surface area contributed by atoms with E-state index < -0.39 is 5.97 Å². The van der Waals surface area contributed by atoms with Crippen LogP contribution in [0.5, 0.6) is 0 Å². The summed E-state index contributed by atoms with van der Waals surface area (Å²) in [6.45, 7) is 2.40. The number of hydrogen-bond acceptors (Lipinski definition) is 5. The highest BCUT2D eigenvalue weighted by Gasteiger charge is 2.10. The largest absolute Gasteiger partial charge is 0.464 e. The quantitative estimate of drug-likeness (QED) is 0.275. The van der Waals surface area contributed by atoms with Gasteiger partial charge in [-0.2, -0.15) is 5.26 Å². The van der Waals surface area contributed by atoms with E-state index >= 15 is 0 Å². The highest BCUT2D eigenvalue weighted by molar-refractivity contribution is 6.42. The van der Waals surface area contributed by atoms with Gasteiger partial charge in [0.05, 0.1) is 7.11 Å². The Kier molecular flexibility index (Phi) is 6.24. The summed E-state index contributed by atoms with van der Waals surface area (Å²) in [6.07, 6.45) is 1.80. The van der Waals surface area contributed by atoms with Crippen molar-refractivity contribution in [2.24, 2.45) is 5.16 Å². The third-order valence-corrected chi connectivity index (χ3v) is 1.23. The van der Waals surface area contributed by atoms with E-state index in [4.69, 9.17) is 10.1 Å². The van der Waals surface area contributed by atoms with Crippen LogP contribution >= 0.6 is 0 Å². The van der Waals surface area contributed by atoms with Gasteiger partial charge < -0.3 is 9.57 Å². The highest BCUT2D eigenvalue weighted by atomic mass is 16.6. The van der Waals surface area contributed by atoms with Gasteiger partial charge in [0, 0.05) is 0 Å². The summed E-state index contributed by atoms with van der Waals surface area (Å²) < 4.78 is 4.29. The minimum absolute atomic E-state index is 0.362. The summed E-state index contributed by atoms with van der Waals surface area (Å²) >= 11 is 0. The molecule has 0 atom stereocenters. The molecule has 0 amide bonds. The third-order valence-electron chi connectivity index (χ3n) is 1.23. The van der Waals surface area contributed by atoms with Crippen LogP contribution in [0.4, 0.5) is 0 Å². The van der Waals surface area contributed by atoms with Gasteiger partial charge in [-0.1, -0.05) is 18.5 Å². The van der Waals surface area contributed by atoms with Crippen molar-refractivity contribution in [2.45, 2.75) is 19.8 Å². The van der Waals surface area contributed by atoms with E-state index in [0.29, 0.717) is 6.61 Å². The number of methoxy groups -OCH3 is 1. The van der Waals surface area contributed by atoms with E-state index in [9.17, 15) is 4.79 Å². The van der Waals surface area contributed by atoms with E-state index in [1.54, 1.807) is 6.07 Å². The molecule has 0 aliphatic rings. The standard InChI is InChI=1S/C8H12N2O3/c1-3-4-5-13-10-7(6-9)8(11)12-2/h3-5H2,1-2H3. The molecule has 13 heavy (non-hydrogen) atoms. The fourth-order valence-electron chi connectivity index (χ4n) is 0.519. The summed E-state index contributed by atoms with van der Waals surface area (Å²) in [5.41, 5.74) is -0.362. The minimum atomic E-state index is -0.779. The molecular formula is C8H12N2O3. The summed E-state index contributed by atoms with van der Waals surface area (Å²) in [7, 11) is 1.18. The highest BCUT2D eigenvalue weighted by Crippen LogP contribution is 1.90. The normalized spacial score (nSPS) is 10.4. The SMILES string of the molecule is CCCCON=C(C#N)C(=O)OC. The topological polar surface area (TPSA) is 71.7 Å². The van der Waals surface area contributed by atoms with Crippen molar-refractivity contribution in [2.75, 3.05) is 13.7 Å². The monoisotopic (exact) mass is 184 g/mol. The molecule has 0 fully saturated rings. The van der Waals surface area contributed by atoms with E-state index in [1.165, 1.54) is 7.11 Å². The van der Waals surface area contributed by atoms with Gasteiger partial charge in [-0.05, 0) is 6.42 Å². The summed E-state index contributed by atoms with van der Waals surface area (Å²) in [5, 5.41) is 11.8. The number of oxime groups is 1. The molecule has 0 spiro atoms. The Hall–Kier alpha value is -1.57. The number of hydrogen-bond donors (Lipinski definition) is 0. The predicted octanol–water partition coefficient (Wildman–Crippen LogP) is 0.856. The lowest BCUT2D eigenvalue weighted by Crippen LogP contribution is -2.14. The van der Waals surface area contributed by atoms with Gasteiger partial charge in [-0.3, -0.25) is 0 Å². The molecule has 5 nitrogen and oxygen atoms in total. The molecule has 0 saturated heterocycles. The molecule has 0 saturated carbocycles. The molecular weight excluding hydrogens is 172 g/mol. The minimum Gasteiger partial charge on any atom is -0.464 e. The molecule has 0 aliphatic carbocycles. The zero-order valence-corrected chi connectivity index (χ0v) is 7.74. The second-order valence-corrected chi connectivity index (χ2v) is 2.23. The Bertz CT molecular complexity index is 230. The van der Waals surface area contributed by atoms with E-state index in [-0.39, 0.29) is 5.71 Å². The lowest BCUT2D eigenvalue weighted by atomic mass is 10.4. The first-order valence-corrected chi connectivity index (χ1v) is 3.94. The summed E-state index contributed by atoms with van der Waals surface area (Å²) in [5.74, 6) is -0.779. The molecule has 0 aromatic carbocycles. The first-order chi connectivity index (χ1) is 6.26. The molecule has 0 radical (unpaired) electrons. The predicted molar refractivity (Wildman–Crippen MR) is 45.9 cm³/mol. The maximum Gasteiger partial charge on any atom is 0.371 e. The first-order valence-electron chi connectivity index (χ1n) is 3.94. The molecule has 0 aromatic heterocycles. The van der Waals surface area contributed by atoms with E-state index in [2.05, 4.69) is 9.89 Å². The number of nitrogens with zero attached hydrogens (tertiary/aromatic N) is 2. The molecule has 0 unspecified atom stereocenters. The molecule has 0 bridgehead atoms. The molecule has 0 heterocycles. The average molecular weight is 184 g/mol. The number of unbranched alkanes of at least 4 members (excludes halogenated alkanes) is 1. The number of carbonyl (C=O) groups excluding carboxylic acids is 1. The second-order valence-electron chi connectivity index (χ2n) is 2.23. The first kappa shape index (κ1) is 11.4. The number of rotatable bonds is 5. The lowest BCUT2D eigenvalue weighted by molar-refractivity contribution is -0.132. The van der Waals surface area contributed by atoms with Crippen molar-refractivity contribution >= 4 is 11.7 Å². The zero-order valence-electron chi connectivity index (χ0n) is 7.74. The maximum atomic E-state index is 10.8. The Morgan fingerprint density at radius 1 is 1.62 bits per heavy atom. The van der Waals surface area contributed by atoms with Gasteiger partial charge in [-0.15, -0.1) is 0 Å². The van der Waals surface area contributed by atoms with Crippen LogP contribution in [0.3, 0.4) is 0 Å². The lowest BCUT2D eigenvalue weighted by Gasteiger charge is -1.97. The number of nitriles is 1. The van der Waals surface area contributed by atoms with Crippen molar-refractivity contribution in [1.82, 2.24) is 0 Å². The maximum absolute atomic E-state index is 10.8. The van der Waals surface area contributed by atoms with Gasteiger partial charge in [0.15, 0.2) is 0 Å². The Morgan fingerprint density at radius 2 is 2.31 bits per heavy atom. The van der Waals surface area contributed by atoms with Gasteiger partial charge in [-0.25, -0.2) is 4.79 Å². The molecule has 0 aliphatic heterocycles. The Morgan fingerprint density at radius 3 is 2.77 bits per heavy atom. The van der Waals surface area contributed by atoms with Gasteiger partial charge in [0.25, 0.3) is 5.71 Å². The molecule has 0 N–H and O–H groups in total. The van der Waals surface area contributed by atoms with Gasteiger partial charge in [0.1, 0.15) is 12.7 Å². The van der Waals surface area contributed by atoms with Crippen LogP contribution in [-0.4, -0.2) is 25.4 Å². The number of ether oxygens (including phenoxy) is 1. The van der Waals surface area contributed by atoms with Crippen LogP contribution in [0.25, 0.3) is 0 Å². The second kappa shape index (κ2) is 7.10. The smallest absolute Gasteiger partial charge is 0.371 e. The fraction of sp³-hybridized carbons (Fsp3) is 0.625. The van der Waals surface area contributed by atoms with Crippen molar-refractivity contribution in [3.05, 3.63) is 0 Å². The number of carbonyl (C=O) groups is 1.